The van der Waals surface area contributed by atoms with Gasteiger partial charge in [0.1, 0.15) is 0 Å². The molecular formula is C25H22N4O2. The van der Waals surface area contributed by atoms with Gasteiger partial charge in [-0.2, -0.15) is 0 Å². The summed E-state index contributed by atoms with van der Waals surface area (Å²) in [6.07, 6.45) is 9.26. The minimum absolute atomic E-state index is 0.0625. The molecule has 3 N–H and O–H groups in total. The first-order chi connectivity index (χ1) is 14.9. The van der Waals surface area contributed by atoms with Crippen molar-refractivity contribution in [3.63, 3.8) is 0 Å². The Labute approximate surface area is 179 Å². The van der Waals surface area contributed by atoms with Crippen LogP contribution in [0.4, 0.5) is 0 Å². The lowest BCUT2D eigenvalue weighted by Gasteiger charge is -1.85. The van der Waals surface area contributed by atoms with Gasteiger partial charge >= 0.3 is 0 Å². The van der Waals surface area contributed by atoms with Gasteiger partial charge in [0, 0.05) is 28.1 Å². The average Bonchev–Trinajstić information content (AvgIpc) is 3.46. The predicted octanol–water partition coefficient (Wildman–Crippen LogP) is 5.69. The van der Waals surface area contributed by atoms with E-state index < -0.39 is 0 Å². The number of carbonyl (C=O) groups is 1. The lowest BCUT2D eigenvalue weighted by Crippen LogP contribution is -1.82. The van der Waals surface area contributed by atoms with Crippen LogP contribution in [0.2, 0.25) is 0 Å². The zero-order valence-corrected chi connectivity index (χ0v) is 17.3. The number of nitrogens with zero attached hydrogens (tertiary/aromatic N) is 2. The fourth-order valence-corrected chi connectivity index (χ4v) is 3.24. The first-order valence-corrected chi connectivity index (χ1v) is 9.85. The summed E-state index contributed by atoms with van der Waals surface area (Å²) in [4.78, 5) is 26.0. The maximum absolute atomic E-state index is 10.0. The maximum atomic E-state index is 10.0. The Kier molecular flexibility index (Phi) is 5.62. The van der Waals surface area contributed by atoms with Crippen LogP contribution in [0.15, 0.2) is 60.4 Å². The number of hydrogen-bond donors (Lipinski definition) is 3. The summed E-state index contributed by atoms with van der Waals surface area (Å²) in [6.45, 7) is 2.85. The maximum Gasteiger partial charge on any atom is 0.155 e. The summed E-state index contributed by atoms with van der Waals surface area (Å²) in [6, 6.07) is 16.4. The molecule has 0 aliphatic carbocycles. The van der Waals surface area contributed by atoms with Gasteiger partial charge in [0.25, 0.3) is 0 Å². The molecule has 0 fully saturated rings. The van der Waals surface area contributed by atoms with E-state index in [0.29, 0.717) is 0 Å². The Morgan fingerprint density at radius 3 is 1.26 bits per heavy atom. The summed E-state index contributed by atoms with van der Waals surface area (Å²) in [5.41, 5.74) is 7.86. The second-order valence-electron chi connectivity index (χ2n) is 7.30. The molecule has 0 radical (unpaired) electrons. The average molecular weight is 410 g/mol. The molecule has 0 saturated heterocycles. The molecule has 2 aliphatic heterocycles. The zero-order chi connectivity index (χ0) is 21.8. The van der Waals surface area contributed by atoms with Crippen molar-refractivity contribution in [3.8, 4) is 0 Å². The van der Waals surface area contributed by atoms with Gasteiger partial charge in [0.15, 0.2) is 5.78 Å². The third-order valence-electron chi connectivity index (χ3n) is 4.45. The van der Waals surface area contributed by atoms with Crippen LogP contribution in [-0.2, 0) is 4.79 Å². The Morgan fingerprint density at radius 2 is 1.03 bits per heavy atom. The number of carbonyl (C=O) groups excluding carboxylic acids is 1. The number of aliphatic hydroxyl groups excluding tert-OH is 1. The largest absolute Gasteiger partial charge is 0.512 e. The number of rotatable bonds is 1. The Bertz CT molecular complexity index is 1210. The summed E-state index contributed by atoms with van der Waals surface area (Å²) in [5.74, 6) is -0.0625. The predicted molar refractivity (Wildman–Crippen MR) is 126 cm³/mol. The van der Waals surface area contributed by atoms with Gasteiger partial charge in [-0.3, -0.25) is 4.79 Å². The molecular weight excluding hydrogens is 388 g/mol. The highest BCUT2D eigenvalue weighted by Crippen LogP contribution is 2.16. The van der Waals surface area contributed by atoms with Crippen molar-refractivity contribution in [2.24, 2.45) is 0 Å². The van der Waals surface area contributed by atoms with Crippen molar-refractivity contribution < 1.29 is 9.90 Å². The van der Waals surface area contributed by atoms with E-state index in [1.54, 1.807) is 0 Å². The number of allylic oxidation sites excluding steroid dienone is 2. The van der Waals surface area contributed by atoms with Gasteiger partial charge in [-0.15, -0.1) is 0 Å². The molecule has 31 heavy (non-hydrogen) atoms. The van der Waals surface area contributed by atoms with Crippen LogP contribution in [0.25, 0.3) is 46.4 Å². The van der Waals surface area contributed by atoms with Crippen molar-refractivity contribution in [2.45, 2.75) is 13.8 Å². The van der Waals surface area contributed by atoms with Gasteiger partial charge in [-0.05, 0) is 86.7 Å². The Hall–Kier alpha value is -4.19. The molecule has 0 amide bonds. The van der Waals surface area contributed by atoms with E-state index in [0.717, 1.165) is 44.8 Å². The van der Waals surface area contributed by atoms with E-state index in [4.69, 9.17) is 5.11 Å². The lowest BCUT2D eigenvalue weighted by atomic mass is 10.3. The van der Waals surface area contributed by atoms with E-state index in [1.807, 2.05) is 48.6 Å². The zero-order valence-electron chi connectivity index (χ0n) is 17.3. The smallest absolute Gasteiger partial charge is 0.155 e. The molecule has 2 aliphatic rings. The van der Waals surface area contributed by atoms with Gasteiger partial charge in [0.05, 0.1) is 28.5 Å². The van der Waals surface area contributed by atoms with Crippen LogP contribution < -0.4 is 0 Å². The molecule has 8 bridgehead atoms. The molecule has 3 aromatic heterocycles. The number of aliphatic hydroxyl groups is 1. The van der Waals surface area contributed by atoms with Crippen LogP contribution >= 0.6 is 0 Å². The minimum Gasteiger partial charge on any atom is -0.512 e. The van der Waals surface area contributed by atoms with Gasteiger partial charge in [-0.1, -0.05) is 0 Å². The first-order valence-electron chi connectivity index (χ1n) is 9.85. The van der Waals surface area contributed by atoms with Crippen LogP contribution in [0, 0.1) is 0 Å². The van der Waals surface area contributed by atoms with Crippen LogP contribution in [-0.4, -0.2) is 30.8 Å². The van der Waals surface area contributed by atoms with Crippen molar-refractivity contribution >= 4 is 52.2 Å². The number of nitrogens with one attached hydrogen (secondary N) is 2. The molecule has 6 heteroatoms. The molecule has 3 aromatic rings. The fraction of sp³-hybridized carbons (Fsp3) is 0.0800. The summed E-state index contributed by atoms with van der Waals surface area (Å²) < 4.78 is 0. The number of H-pyrrole nitrogens is 2. The summed E-state index contributed by atoms with van der Waals surface area (Å²) in [5, 5.41) is 8.36. The topological polar surface area (TPSA) is 94.7 Å². The fourth-order valence-electron chi connectivity index (χ4n) is 3.24. The van der Waals surface area contributed by atoms with Crippen molar-refractivity contribution in [1.29, 1.82) is 0 Å². The van der Waals surface area contributed by atoms with E-state index in [9.17, 15) is 4.79 Å². The van der Waals surface area contributed by atoms with Crippen molar-refractivity contribution in [2.75, 3.05) is 0 Å². The highest BCUT2D eigenvalue weighted by Gasteiger charge is 2.01. The minimum atomic E-state index is -0.125. The third-order valence-corrected chi connectivity index (χ3v) is 4.45. The van der Waals surface area contributed by atoms with Gasteiger partial charge < -0.3 is 15.1 Å². The number of ketones is 1. The second-order valence-corrected chi connectivity index (χ2v) is 7.30. The Morgan fingerprint density at radius 1 is 0.710 bits per heavy atom. The Balaban J connectivity index is 0.000000289. The van der Waals surface area contributed by atoms with Crippen LogP contribution in [0.5, 0.6) is 0 Å². The number of hydrogen-bond acceptors (Lipinski definition) is 4. The van der Waals surface area contributed by atoms with Gasteiger partial charge in [0.2, 0.25) is 0 Å². The van der Waals surface area contributed by atoms with Gasteiger partial charge in [-0.25, -0.2) is 9.97 Å². The van der Waals surface area contributed by atoms with Crippen LogP contribution in [0.3, 0.4) is 0 Å². The van der Waals surface area contributed by atoms with E-state index >= 15 is 0 Å². The molecule has 0 atom stereocenters. The lowest BCUT2D eigenvalue weighted by molar-refractivity contribution is -0.112. The first kappa shape index (κ1) is 20.1. The van der Waals surface area contributed by atoms with Crippen molar-refractivity contribution in [1.82, 2.24) is 19.9 Å². The molecule has 0 saturated carbocycles. The molecule has 0 aromatic carbocycles. The molecule has 0 spiro atoms. The molecule has 6 nitrogen and oxygen atoms in total. The van der Waals surface area contributed by atoms with Crippen molar-refractivity contribution in [3.05, 3.63) is 83.1 Å². The normalized spacial score (nSPS) is 12.4. The molecule has 5 rings (SSSR count). The molecule has 0 unspecified atom stereocenters. The highest BCUT2D eigenvalue weighted by molar-refractivity contribution is 5.87. The number of aromatic amines is 2. The quantitative estimate of drug-likeness (QED) is 0.244. The monoisotopic (exact) mass is 410 g/mol. The summed E-state index contributed by atoms with van der Waals surface area (Å²) in [7, 11) is 0. The van der Waals surface area contributed by atoms with E-state index in [2.05, 4.69) is 44.2 Å². The second kappa shape index (κ2) is 8.67. The highest BCUT2D eigenvalue weighted by atomic mass is 16.3. The van der Waals surface area contributed by atoms with E-state index in [-0.39, 0.29) is 11.5 Å². The number of aromatic nitrogens is 4. The SMILES string of the molecule is C1=Cc2cc3ccc(cc4nc(cc5ccc(cc1n2)[nH]5)C=C4)[nH]3.CC(=O)/C=C(/C)O. The third kappa shape index (κ3) is 5.45. The standard InChI is InChI=1S/C20H14N4.C5H8O2/c1-2-14-10-16-5-6-18(23-16)12-20-8-7-19(24-20)11-17-4-3-15(22-17)9-13(1)21-14;1-4(6)3-5(2)7/h1-12,21,24H;3,6H,1-2H3/b;4-3-. The molecule has 154 valence electrons. The molecule has 5 heterocycles. The summed E-state index contributed by atoms with van der Waals surface area (Å²) >= 11 is 0. The van der Waals surface area contributed by atoms with Crippen LogP contribution in [0.1, 0.15) is 36.6 Å². The van der Waals surface area contributed by atoms with E-state index in [1.165, 1.54) is 19.9 Å². The number of fused-ring (bicyclic) bond motifs is 8.